The zero-order valence-corrected chi connectivity index (χ0v) is 19.5. The molecule has 2 aromatic carbocycles. The van der Waals surface area contributed by atoms with E-state index in [9.17, 15) is 4.79 Å². The maximum Gasteiger partial charge on any atom is 0.244 e. The fourth-order valence-corrected chi connectivity index (χ4v) is 3.74. The first-order valence-electron chi connectivity index (χ1n) is 11.4. The Morgan fingerprint density at radius 2 is 1.91 bits per heavy atom. The molecule has 1 aliphatic rings. The molecule has 2 aromatic rings. The number of anilines is 1. The Labute approximate surface area is 191 Å². The average molecular weight is 438 g/mol. The molecule has 1 heterocycles. The fourth-order valence-electron chi connectivity index (χ4n) is 3.74. The van der Waals surface area contributed by atoms with Crippen molar-refractivity contribution in [1.29, 1.82) is 0 Å². The molecule has 0 saturated carbocycles. The number of carbonyl (C=O) groups is 1. The van der Waals surface area contributed by atoms with Gasteiger partial charge in [-0.2, -0.15) is 0 Å². The number of ether oxygens (including phenoxy) is 2. The third kappa shape index (κ3) is 7.02. The van der Waals surface area contributed by atoms with Crippen LogP contribution >= 0.6 is 0 Å². The van der Waals surface area contributed by atoms with E-state index in [0.29, 0.717) is 18.9 Å². The van der Waals surface area contributed by atoms with Crippen LogP contribution in [0.1, 0.15) is 24.5 Å². The molecule has 0 aliphatic carbocycles. The summed E-state index contributed by atoms with van der Waals surface area (Å²) in [5.41, 5.74) is 3.48. The molecule has 172 valence electrons. The van der Waals surface area contributed by atoms with E-state index in [1.807, 2.05) is 18.2 Å². The van der Waals surface area contributed by atoms with Crippen molar-refractivity contribution in [3.63, 3.8) is 0 Å². The van der Waals surface area contributed by atoms with E-state index in [2.05, 4.69) is 53.2 Å². The maximum atomic E-state index is 12.2. The molecule has 6 heteroatoms. The number of hydrogen-bond acceptors (Lipinski definition) is 5. The van der Waals surface area contributed by atoms with Crippen LogP contribution in [0.4, 0.5) is 5.69 Å². The van der Waals surface area contributed by atoms with Crippen molar-refractivity contribution < 1.29 is 14.3 Å². The molecule has 0 bridgehead atoms. The molecule has 1 saturated heterocycles. The number of carbonyl (C=O) groups excluding carboxylic acids is 1. The molecule has 1 fully saturated rings. The Kier molecular flexibility index (Phi) is 8.99. The zero-order chi connectivity index (χ0) is 22.8. The summed E-state index contributed by atoms with van der Waals surface area (Å²) >= 11 is 0. The molecule has 3 rings (SSSR count). The lowest BCUT2D eigenvalue weighted by Crippen LogP contribution is -2.48. The lowest BCUT2D eigenvalue weighted by Gasteiger charge is -2.36. The molecule has 0 radical (unpaired) electrons. The van der Waals surface area contributed by atoms with Gasteiger partial charge in [0.1, 0.15) is 0 Å². The van der Waals surface area contributed by atoms with Crippen LogP contribution in [0.3, 0.4) is 0 Å². The topological polar surface area (TPSA) is 54.0 Å². The smallest absolute Gasteiger partial charge is 0.244 e. The first-order chi connectivity index (χ1) is 15.6. The SMILES string of the molecule is CCCOc1ccc(/C=C/C(=O)NCCN2CCN(c3cccc(C)c3)CC2)cc1OC. The monoisotopic (exact) mass is 437 g/mol. The fraction of sp³-hybridized carbons (Fsp3) is 0.423. The summed E-state index contributed by atoms with van der Waals surface area (Å²) < 4.78 is 11.1. The van der Waals surface area contributed by atoms with Crippen molar-refractivity contribution in [3.05, 3.63) is 59.7 Å². The Morgan fingerprint density at radius 1 is 1.09 bits per heavy atom. The molecule has 0 atom stereocenters. The minimum Gasteiger partial charge on any atom is -0.493 e. The largest absolute Gasteiger partial charge is 0.493 e. The number of benzene rings is 2. The summed E-state index contributed by atoms with van der Waals surface area (Å²) in [6, 6.07) is 14.3. The number of aryl methyl sites for hydroxylation is 1. The Balaban J connectivity index is 1.39. The van der Waals surface area contributed by atoms with Gasteiger partial charge in [0.05, 0.1) is 13.7 Å². The third-order valence-electron chi connectivity index (χ3n) is 5.54. The van der Waals surface area contributed by atoms with Crippen LogP contribution in [-0.4, -0.2) is 63.8 Å². The summed E-state index contributed by atoms with van der Waals surface area (Å²) in [5.74, 6) is 1.30. The van der Waals surface area contributed by atoms with E-state index in [4.69, 9.17) is 9.47 Å². The van der Waals surface area contributed by atoms with E-state index in [1.54, 1.807) is 19.3 Å². The predicted molar refractivity (Wildman–Crippen MR) is 131 cm³/mol. The zero-order valence-electron chi connectivity index (χ0n) is 19.5. The van der Waals surface area contributed by atoms with Crippen LogP contribution in [0.2, 0.25) is 0 Å². The van der Waals surface area contributed by atoms with Gasteiger partial charge in [-0.05, 0) is 54.8 Å². The van der Waals surface area contributed by atoms with Gasteiger partial charge in [0.25, 0.3) is 0 Å². The highest BCUT2D eigenvalue weighted by molar-refractivity contribution is 5.91. The summed E-state index contributed by atoms with van der Waals surface area (Å²) in [4.78, 5) is 17.0. The van der Waals surface area contributed by atoms with Gasteiger partial charge in [-0.1, -0.05) is 25.1 Å². The number of hydrogen-bond donors (Lipinski definition) is 1. The van der Waals surface area contributed by atoms with Crippen LogP contribution in [0.15, 0.2) is 48.5 Å². The van der Waals surface area contributed by atoms with E-state index in [0.717, 1.165) is 50.5 Å². The van der Waals surface area contributed by atoms with Gasteiger partial charge in [-0.25, -0.2) is 0 Å². The second-order valence-electron chi connectivity index (χ2n) is 8.05. The second kappa shape index (κ2) is 12.2. The van der Waals surface area contributed by atoms with Gasteiger partial charge in [0, 0.05) is 51.0 Å². The first-order valence-corrected chi connectivity index (χ1v) is 11.4. The van der Waals surface area contributed by atoms with Gasteiger partial charge in [0.15, 0.2) is 11.5 Å². The number of nitrogens with zero attached hydrogens (tertiary/aromatic N) is 2. The van der Waals surface area contributed by atoms with Crippen LogP contribution in [0.5, 0.6) is 11.5 Å². The molecule has 32 heavy (non-hydrogen) atoms. The number of nitrogens with one attached hydrogen (secondary N) is 1. The number of rotatable bonds is 10. The van der Waals surface area contributed by atoms with Crippen molar-refractivity contribution in [3.8, 4) is 11.5 Å². The van der Waals surface area contributed by atoms with Gasteiger partial charge in [-0.3, -0.25) is 9.69 Å². The quantitative estimate of drug-likeness (QED) is 0.574. The number of amides is 1. The average Bonchev–Trinajstić information content (AvgIpc) is 2.82. The summed E-state index contributed by atoms with van der Waals surface area (Å²) in [5, 5.41) is 2.98. The second-order valence-corrected chi connectivity index (χ2v) is 8.05. The molecule has 1 amide bonds. The van der Waals surface area contributed by atoms with Gasteiger partial charge in [0.2, 0.25) is 5.91 Å². The standard InChI is InChI=1S/C26H35N3O3/c1-4-18-32-24-10-8-22(20-25(24)31-3)9-11-26(30)27-12-13-28-14-16-29(17-15-28)23-7-5-6-21(2)19-23/h5-11,19-20H,4,12-18H2,1-3H3,(H,27,30)/b11-9+. The number of piperazine rings is 1. The Bertz CT molecular complexity index is 905. The Morgan fingerprint density at radius 3 is 2.62 bits per heavy atom. The number of methoxy groups -OCH3 is 1. The summed E-state index contributed by atoms with van der Waals surface area (Å²) in [6.45, 7) is 10.4. The van der Waals surface area contributed by atoms with Crippen LogP contribution in [-0.2, 0) is 4.79 Å². The first kappa shape index (κ1) is 23.7. The van der Waals surface area contributed by atoms with Gasteiger partial charge < -0.3 is 19.7 Å². The van der Waals surface area contributed by atoms with Crippen molar-refractivity contribution in [2.24, 2.45) is 0 Å². The molecule has 1 N–H and O–H groups in total. The lowest BCUT2D eigenvalue weighted by atomic mass is 10.2. The minimum atomic E-state index is -0.0892. The van der Waals surface area contributed by atoms with E-state index >= 15 is 0 Å². The van der Waals surface area contributed by atoms with E-state index in [-0.39, 0.29) is 5.91 Å². The van der Waals surface area contributed by atoms with Gasteiger partial charge in [-0.15, -0.1) is 0 Å². The van der Waals surface area contributed by atoms with Crippen molar-refractivity contribution in [1.82, 2.24) is 10.2 Å². The van der Waals surface area contributed by atoms with E-state index in [1.165, 1.54) is 11.3 Å². The molecule has 1 aliphatic heterocycles. The van der Waals surface area contributed by atoms with Crippen LogP contribution < -0.4 is 19.7 Å². The molecular formula is C26H35N3O3. The predicted octanol–water partition coefficient (Wildman–Crippen LogP) is 3.74. The highest BCUT2D eigenvalue weighted by Gasteiger charge is 2.17. The Hall–Kier alpha value is -2.99. The molecule has 0 unspecified atom stereocenters. The molecule has 6 nitrogen and oxygen atoms in total. The summed E-state index contributed by atoms with van der Waals surface area (Å²) in [6.07, 6.45) is 4.30. The normalized spacial score (nSPS) is 14.5. The van der Waals surface area contributed by atoms with Crippen molar-refractivity contribution in [2.75, 3.05) is 57.9 Å². The van der Waals surface area contributed by atoms with Crippen LogP contribution in [0, 0.1) is 6.92 Å². The highest BCUT2D eigenvalue weighted by Crippen LogP contribution is 2.28. The van der Waals surface area contributed by atoms with Crippen molar-refractivity contribution in [2.45, 2.75) is 20.3 Å². The minimum absolute atomic E-state index is 0.0892. The molecule has 0 spiro atoms. The maximum absolute atomic E-state index is 12.2. The van der Waals surface area contributed by atoms with Gasteiger partial charge >= 0.3 is 0 Å². The third-order valence-corrected chi connectivity index (χ3v) is 5.54. The molecular weight excluding hydrogens is 402 g/mol. The van der Waals surface area contributed by atoms with Crippen LogP contribution in [0.25, 0.3) is 6.08 Å². The van der Waals surface area contributed by atoms with E-state index < -0.39 is 0 Å². The lowest BCUT2D eigenvalue weighted by molar-refractivity contribution is -0.116. The van der Waals surface area contributed by atoms with Crippen molar-refractivity contribution >= 4 is 17.7 Å². The summed E-state index contributed by atoms with van der Waals surface area (Å²) in [7, 11) is 1.62. The molecule has 0 aromatic heterocycles. The highest BCUT2D eigenvalue weighted by atomic mass is 16.5.